The number of amides is 1. The Morgan fingerprint density at radius 1 is 1.08 bits per heavy atom. The van der Waals surface area contributed by atoms with Crippen molar-refractivity contribution in [3.8, 4) is 5.75 Å². The lowest BCUT2D eigenvalue weighted by Gasteiger charge is -2.23. The standard InChI is InChI=1S/C29H30N2O6S/c1-6-18-8-10-19(11-9-18)23-22(24(32)20-12-14-21(15-13-20)37-16(3)4)25(33)27(34)31(23)29-30-17(5)26(38-29)28(35)36-7-2/h8-16,23,32H,6-7H2,1-5H3/b24-22+. The molecule has 8 nitrogen and oxygen atoms in total. The summed E-state index contributed by atoms with van der Waals surface area (Å²) in [4.78, 5) is 45.2. The molecule has 2 aromatic carbocycles. The van der Waals surface area contributed by atoms with Crippen LogP contribution in [0.25, 0.3) is 5.76 Å². The maximum atomic E-state index is 13.4. The second kappa shape index (κ2) is 11.2. The molecular formula is C29H30N2O6S. The van der Waals surface area contributed by atoms with Crippen molar-refractivity contribution in [1.29, 1.82) is 0 Å². The van der Waals surface area contributed by atoms with Crippen molar-refractivity contribution in [3.63, 3.8) is 0 Å². The van der Waals surface area contributed by atoms with E-state index in [2.05, 4.69) is 4.98 Å². The summed E-state index contributed by atoms with van der Waals surface area (Å²) >= 11 is 0.980. The average Bonchev–Trinajstić information content (AvgIpc) is 3.40. The van der Waals surface area contributed by atoms with Crippen LogP contribution in [0.15, 0.2) is 54.1 Å². The number of aromatic nitrogens is 1. The first-order valence-corrected chi connectivity index (χ1v) is 13.3. The van der Waals surface area contributed by atoms with E-state index in [1.54, 1.807) is 38.1 Å². The maximum absolute atomic E-state index is 13.4. The summed E-state index contributed by atoms with van der Waals surface area (Å²) in [6.45, 7) is 9.40. The van der Waals surface area contributed by atoms with Crippen LogP contribution in [0.2, 0.25) is 0 Å². The van der Waals surface area contributed by atoms with Crippen LogP contribution in [0, 0.1) is 6.92 Å². The number of Topliss-reactive ketones (excluding diaryl/α,β-unsaturated/α-hetero) is 1. The van der Waals surface area contributed by atoms with Crippen LogP contribution in [0.5, 0.6) is 5.75 Å². The number of aliphatic hydroxyl groups excluding tert-OH is 1. The Morgan fingerprint density at radius 2 is 1.74 bits per heavy atom. The molecule has 2 heterocycles. The van der Waals surface area contributed by atoms with Gasteiger partial charge in [0.05, 0.1) is 30.0 Å². The fourth-order valence-corrected chi connectivity index (χ4v) is 5.26. The molecule has 0 saturated carbocycles. The van der Waals surface area contributed by atoms with Gasteiger partial charge >= 0.3 is 11.9 Å². The Kier molecular flexibility index (Phi) is 7.97. The van der Waals surface area contributed by atoms with Crippen LogP contribution in [-0.4, -0.2) is 40.5 Å². The molecule has 1 aliphatic heterocycles. The first-order valence-electron chi connectivity index (χ1n) is 12.5. The highest BCUT2D eigenvalue weighted by molar-refractivity contribution is 7.17. The number of carbonyl (C=O) groups excluding carboxylic acids is 3. The Bertz CT molecular complexity index is 1390. The fraction of sp³-hybridized carbons (Fsp3) is 0.310. The van der Waals surface area contributed by atoms with Gasteiger partial charge in [0.2, 0.25) is 0 Å². The molecule has 198 valence electrons. The van der Waals surface area contributed by atoms with Crippen molar-refractivity contribution in [2.75, 3.05) is 11.5 Å². The van der Waals surface area contributed by atoms with Crippen LogP contribution in [0.4, 0.5) is 5.13 Å². The van der Waals surface area contributed by atoms with E-state index in [4.69, 9.17) is 9.47 Å². The van der Waals surface area contributed by atoms with Crippen molar-refractivity contribution in [2.24, 2.45) is 0 Å². The van der Waals surface area contributed by atoms with Gasteiger partial charge in [-0.05, 0) is 69.5 Å². The number of ether oxygens (including phenoxy) is 2. The molecule has 1 aromatic heterocycles. The van der Waals surface area contributed by atoms with Crippen LogP contribution in [-0.2, 0) is 20.7 Å². The molecule has 1 saturated heterocycles. The van der Waals surface area contributed by atoms with Gasteiger partial charge in [-0.25, -0.2) is 9.78 Å². The monoisotopic (exact) mass is 534 g/mol. The summed E-state index contributed by atoms with van der Waals surface area (Å²) in [6.07, 6.45) is 0.798. The molecule has 1 aliphatic rings. The van der Waals surface area contributed by atoms with Gasteiger partial charge in [-0.1, -0.05) is 42.5 Å². The summed E-state index contributed by atoms with van der Waals surface area (Å²) in [6, 6.07) is 13.3. The molecule has 0 aliphatic carbocycles. The molecule has 38 heavy (non-hydrogen) atoms. The lowest BCUT2D eigenvalue weighted by atomic mass is 9.94. The molecule has 1 atom stereocenters. The summed E-state index contributed by atoms with van der Waals surface area (Å²) in [7, 11) is 0. The lowest BCUT2D eigenvalue weighted by Crippen LogP contribution is -2.29. The summed E-state index contributed by atoms with van der Waals surface area (Å²) in [5.41, 5.74) is 2.43. The highest BCUT2D eigenvalue weighted by Crippen LogP contribution is 2.44. The largest absolute Gasteiger partial charge is 0.507 e. The number of esters is 1. The molecule has 3 aromatic rings. The van der Waals surface area contributed by atoms with E-state index < -0.39 is 23.7 Å². The van der Waals surface area contributed by atoms with Gasteiger partial charge in [0.25, 0.3) is 5.78 Å². The molecule has 1 N–H and O–H groups in total. The highest BCUT2D eigenvalue weighted by atomic mass is 32.1. The molecule has 1 amide bonds. The maximum Gasteiger partial charge on any atom is 0.350 e. The number of benzene rings is 2. The molecule has 0 radical (unpaired) electrons. The number of aryl methyl sites for hydroxylation is 2. The quantitative estimate of drug-likeness (QED) is 0.173. The SMILES string of the molecule is CCOC(=O)c1sc(N2C(=O)C(=O)/C(=C(/O)c3ccc(OC(C)C)cc3)C2c2ccc(CC)cc2)nc1C. The van der Waals surface area contributed by atoms with E-state index in [9.17, 15) is 19.5 Å². The molecule has 1 unspecified atom stereocenters. The Labute approximate surface area is 225 Å². The van der Waals surface area contributed by atoms with Crippen LogP contribution in [0.3, 0.4) is 0 Å². The van der Waals surface area contributed by atoms with E-state index in [1.807, 2.05) is 45.0 Å². The zero-order valence-corrected chi connectivity index (χ0v) is 22.8. The number of thiazole rings is 1. The third-order valence-corrected chi connectivity index (χ3v) is 7.24. The number of carbonyl (C=O) groups is 3. The smallest absolute Gasteiger partial charge is 0.350 e. The number of hydrogen-bond donors (Lipinski definition) is 1. The van der Waals surface area contributed by atoms with Gasteiger partial charge in [0, 0.05) is 5.56 Å². The van der Waals surface area contributed by atoms with Gasteiger partial charge in [-0.15, -0.1) is 0 Å². The third-order valence-electron chi connectivity index (χ3n) is 6.10. The molecular weight excluding hydrogens is 504 g/mol. The molecule has 1 fully saturated rings. The van der Waals surface area contributed by atoms with Crippen LogP contribution in [0.1, 0.15) is 65.8 Å². The van der Waals surface area contributed by atoms with Crippen molar-refractivity contribution in [1.82, 2.24) is 4.98 Å². The van der Waals surface area contributed by atoms with Crippen molar-refractivity contribution in [2.45, 2.75) is 53.2 Å². The topological polar surface area (TPSA) is 106 Å². The number of ketones is 1. The summed E-state index contributed by atoms with van der Waals surface area (Å²) in [5.74, 6) is -1.89. The van der Waals surface area contributed by atoms with E-state index >= 15 is 0 Å². The molecule has 9 heteroatoms. The van der Waals surface area contributed by atoms with Crippen LogP contribution < -0.4 is 9.64 Å². The number of aliphatic hydroxyl groups is 1. The number of anilines is 1. The Balaban J connectivity index is 1.85. The van der Waals surface area contributed by atoms with Gasteiger partial charge in [-0.3, -0.25) is 14.5 Å². The molecule has 0 bridgehead atoms. The van der Waals surface area contributed by atoms with E-state index in [-0.39, 0.29) is 34.1 Å². The third kappa shape index (κ3) is 5.19. The second-order valence-corrected chi connectivity index (χ2v) is 10.1. The molecule has 4 rings (SSSR count). The highest BCUT2D eigenvalue weighted by Gasteiger charge is 2.48. The predicted molar refractivity (Wildman–Crippen MR) is 146 cm³/mol. The van der Waals surface area contributed by atoms with Crippen LogP contribution >= 0.6 is 11.3 Å². The number of rotatable bonds is 8. The number of hydrogen-bond acceptors (Lipinski definition) is 8. The first kappa shape index (κ1) is 27.1. The summed E-state index contributed by atoms with van der Waals surface area (Å²) < 4.78 is 10.8. The zero-order chi connectivity index (χ0) is 27.6. The second-order valence-electron chi connectivity index (χ2n) is 9.09. The average molecular weight is 535 g/mol. The zero-order valence-electron chi connectivity index (χ0n) is 22.0. The minimum atomic E-state index is -0.937. The van der Waals surface area contributed by atoms with Gasteiger partial charge in [-0.2, -0.15) is 0 Å². The number of nitrogens with zero attached hydrogens (tertiary/aromatic N) is 2. The van der Waals surface area contributed by atoms with Crippen molar-refractivity contribution < 1.29 is 29.0 Å². The van der Waals surface area contributed by atoms with E-state index in [0.29, 0.717) is 22.6 Å². The summed E-state index contributed by atoms with van der Waals surface area (Å²) in [5, 5.41) is 11.5. The van der Waals surface area contributed by atoms with E-state index in [0.717, 1.165) is 23.3 Å². The van der Waals surface area contributed by atoms with Gasteiger partial charge < -0.3 is 14.6 Å². The minimum absolute atomic E-state index is 0.0212. The predicted octanol–water partition coefficient (Wildman–Crippen LogP) is 5.60. The van der Waals surface area contributed by atoms with Crippen molar-refractivity contribution >= 4 is 39.9 Å². The minimum Gasteiger partial charge on any atom is -0.507 e. The fourth-order valence-electron chi connectivity index (χ4n) is 4.27. The van der Waals surface area contributed by atoms with Gasteiger partial charge in [0.15, 0.2) is 5.13 Å². The normalized spacial score (nSPS) is 16.8. The molecule has 0 spiro atoms. The Hall–Kier alpha value is -3.98. The first-order chi connectivity index (χ1) is 18.2. The van der Waals surface area contributed by atoms with Gasteiger partial charge in [0.1, 0.15) is 16.4 Å². The van der Waals surface area contributed by atoms with Crippen molar-refractivity contribution in [3.05, 3.63) is 81.4 Å². The van der Waals surface area contributed by atoms with E-state index in [1.165, 1.54) is 4.90 Å². The lowest BCUT2D eigenvalue weighted by molar-refractivity contribution is -0.132. The Morgan fingerprint density at radius 3 is 2.32 bits per heavy atom.